The van der Waals surface area contributed by atoms with Crippen LogP contribution in [0.1, 0.15) is 34.8 Å². The summed E-state index contributed by atoms with van der Waals surface area (Å²) >= 11 is 3.37. The molecule has 2 N–H and O–H groups in total. The fourth-order valence-corrected chi connectivity index (χ4v) is 2.05. The van der Waals surface area contributed by atoms with Gasteiger partial charge in [0.15, 0.2) is 5.78 Å². The topological polar surface area (TPSA) is 43.1 Å². The van der Waals surface area contributed by atoms with Gasteiger partial charge in [-0.15, -0.1) is 0 Å². The first-order chi connectivity index (χ1) is 6.18. The fraction of sp³-hybridized carbons (Fsp3) is 0.300. The van der Waals surface area contributed by atoms with E-state index in [9.17, 15) is 4.79 Å². The van der Waals surface area contributed by atoms with E-state index in [0.29, 0.717) is 6.42 Å². The van der Waals surface area contributed by atoms with Gasteiger partial charge in [-0.05, 0) is 30.2 Å². The second kappa shape index (κ2) is 3.24. The Morgan fingerprint density at radius 1 is 1.46 bits per heavy atom. The summed E-state index contributed by atoms with van der Waals surface area (Å²) < 4.78 is 0.983. The van der Waals surface area contributed by atoms with Crippen LogP contribution in [0.25, 0.3) is 0 Å². The van der Waals surface area contributed by atoms with Crippen molar-refractivity contribution in [2.45, 2.75) is 18.9 Å². The molecule has 0 saturated carbocycles. The monoisotopic (exact) mass is 239 g/mol. The summed E-state index contributed by atoms with van der Waals surface area (Å²) in [5.74, 6) is 0.212. The molecule has 2 nitrogen and oxygen atoms in total. The lowest BCUT2D eigenvalue weighted by Gasteiger charge is -2.21. The zero-order valence-electron chi connectivity index (χ0n) is 7.09. The highest BCUT2D eigenvalue weighted by molar-refractivity contribution is 9.10. The SMILES string of the molecule is NC1CCC(=O)c2ccc(Br)cc21. The first kappa shape index (κ1) is 8.91. The first-order valence-electron chi connectivity index (χ1n) is 4.26. The molecule has 1 unspecified atom stereocenters. The van der Waals surface area contributed by atoms with Crippen LogP contribution in [0.4, 0.5) is 0 Å². The molecule has 1 atom stereocenters. The minimum Gasteiger partial charge on any atom is -0.324 e. The Bertz CT molecular complexity index is 362. The van der Waals surface area contributed by atoms with E-state index in [2.05, 4.69) is 15.9 Å². The zero-order chi connectivity index (χ0) is 9.42. The lowest BCUT2D eigenvalue weighted by molar-refractivity contribution is 0.0967. The van der Waals surface area contributed by atoms with Crippen LogP contribution in [0.2, 0.25) is 0 Å². The van der Waals surface area contributed by atoms with Gasteiger partial charge in [0.25, 0.3) is 0 Å². The molecule has 0 amide bonds. The molecule has 0 spiro atoms. The van der Waals surface area contributed by atoms with Crippen molar-refractivity contribution in [3.05, 3.63) is 33.8 Å². The third-order valence-corrected chi connectivity index (χ3v) is 2.89. The molecule has 13 heavy (non-hydrogen) atoms. The maximum absolute atomic E-state index is 11.5. The maximum Gasteiger partial charge on any atom is 0.163 e. The van der Waals surface area contributed by atoms with Gasteiger partial charge in [0.05, 0.1) is 0 Å². The number of rotatable bonds is 0. The third kappa shape index (κ3) is 1.54. The lowest BCUT2D eigenvalue weighted by atomic mass is 9.87. The number of fused-ring (bicyclic) bond motifs is 1. The fourth-order valence-electron chi connectivity index (χ4n) is 1.67. The van der Waals surface area contributed by atoms with Gasteiger partial charge < -0.3 is 5.73 Å². The van der Waals surface area contributed by atoms with E-state index in [1.807, 2.05) is 18.2 Å². The van der Waals surface area contributed by atoms with Crippen molar-refractivity contribution >= 4 is 21.7 Å². The molecule has 1 aliphatic carbocycles. The van der Waals surface area contributed by atoms with E-state index in [4.69, 9.17) is 5.73 Å². The maximum atomic E-state index is 11.5. The van der Waals surface area contributed by atoms with Crippen LogP contribution in [0, 0.1) is 0 Å². The molecule has 0 aromatic heterocycles. The Labute approximate surface area is 85.3 Å². The smallest absolute Gasteiger partial charge is 0.163 e. The Morgan fingerprint density at radius 2 is 2.23 bits per heavy atom. The number of hydrogen-bond donors (Lipinski definition) is 1. The van der Waals surface area contributed by atoms with Gasteiger partial charge in [-0.1, -0.05) is 15.9 Å². The van der Waals surface area contributed by atoms with Crippen LogP contribution >= 0.6 is 15.9 Å². The van der Waals surface area contributed by atoms with E-state index in [1.54, 1.807) is 0 Å². The summed E-state index contributed by atoms with van der Waals surface area (Å²) in [5.41, 5.74) is 7.68. The van der Waals surface area contributed by atoms with Crippen molar-refractivity contribution in [3.8, 4) is 0 Å². The Morgan fingerprint density at radius 3 is 3.00 bits per heavy atom. The molecule has 0 saturated heterocycles. The zero-order valence-corrected chi connectivity index (χ0v) is 8.67. The predicted octanol–water partition coefficient (Wildman–Crippen LogP) is 2.43. The van der Waals surface area contributed by atoms with Crippen molar-refractivity contribution in [2.24, 2.45) is 5.73 Å². The number of ketones is 1. The van der Waals surface area contributed by atoms with Crippen molar-refractivity contribution < 1.29 is 4.79 Å². The molecule has 1 aromatic carbocycles. The average molecular weight is 240 g/mol. The number of carbonyl (C=O) groups is 1. The number of Topliss-reactive ketones (excluding diaryl/α,β-unsaturated/α-hetero) is 1. The Balaban J connectivity index is 2.57. The summed E-state index contributed by atoms with van der Waals surface area (Å²) in [6.45, 7) is 0. The van der Waals surface area contributed by atoms with Crippen LogP contribution in [0.5, 0.6) is 0 Å². The molecular formula is C10H10BrNO. The van der Waals surface area contributed by atoms with Crippen LogP contribution in [0.3, 0.4) is 0 Å². The van der Waals surface area contributed by atoms with Crippen LogP contribution < -0.4 is 5.73 Å². The molecule has 68 valence electrons. The van der Waals surface area contributed by atoms with Gasteiger partial charge in [-0.3, -0.25) is 4.79 Å². The summed E-state index contributed by atoms with van der Waals surface area (Å²) in [7, 11) is 0. The molecule has 0 radical (unpaired) electrons. The third-order valence-electron chi connectivity index (χ3n) is 2.40. The van der Waals surface area contributed by atoms with Gasteiger partial charge >= 0.3 is 0 Å². The van der Waals surface area contributed by atoms with Gasteiger partial charge in [-0.25, -0.2) is 0 Å². The molecule has 3 heteroatoms. The largest absolute Gasteiger partial charge is 0.324 e. The standard InChI is InChI=1S/C10H10BrNO/c11-6-1-2-7-8(5-6)9(12)3-4-10(7)13/h1-2,5,9H,3-4,12H2. The molecular weight excluding hydrogens is 230 g/mol. The number of benzene rings is 1. The van der Waals surface area contributed by atoms with Gasteiger partial charge in [-0.2, -0.15) is 0 Å². The number of halogens is 1. The van der Waals surface area contributed by atoms with Gasteiger partial charge in [0, 0.05) is 22.5 Å². The second-order valence-corrected chi connectivity index (χ2v) is 4.22. The molecule has 1 aliphatic rings. The van der Waals surface area contributed by atoms with Gasteiger partial charge in [0.2, 0.25) is 0 Å². The Hall–Kier alpha value is -0.670. The predicted molar refractivity (Wildman–Crippen MR) is 54.6 cm³/mol. The molecule has 0 heterocycles. The second-order valence-electron chi connectivity index (χ2n) is 3.30. The molecule has 2 rings (SSSR count). The Kier molecular flexibility index (Phi) is 2.22. The van der Waals surface area contributed by atoms with E-state index in [0.717, 1.165) is 22.0 Å². The van der Waals surface area contributed by atoms with Crippen LogP contribution in [0.15, 0.2) is 22.7 Å². The van der Waals surface area contributed by atoms with Crippen molar-refractivity contribution in [2.75, 3.05) is 0 Å². The highest BCUT2D eigenvalue weighted by Gasteiger charge is 2.22. The summed E-state index contributed by atoms with van der Waals surface area (Å²) in [4.78, 5) is 11.5. The highest BCUT2D eigenvalue weighted by atomic mass is 79.9. The van der Waals surface area contributed by atoms with Crippen molar-refractivity contribution in [3.63, 3.8) is 0 Å². The van der Waals surface area contributed by atoms with Crippen LogP contribution in [-0.4, -0.2) is 5.78 Å². The summed E-state index contributed by atoms with van der Waals surface area (Å²) in [6.07, 6.45) is 1.35. The number of nitrogens with two attached hydrogens (primary N) is 1. The number of carbonyl (C=O) groups excluding carboxylic acids is 1. The first-order valence-corrected chi connectivity index (χ1v) is 5.06. The lowest BCUT2D eigenvalue weighted by Crippen LogP contribution is -2.21. The molecule has 0 fully saturated rings. The van der Waals surface area contributed by atoms with E-state index in [1.165, 1.54) is 0 Å². The normalized spacial score (nSPS) is 21.4. The molecule has 1 aromatic rings. The highest BCUT2D eigenvalue weighted by Crippen LogP contribution is 2.29. The quantitative estimate of drug-likeness (QED) is 0.756. The molecule has 0 bridgehead atoms. The summed E-state index contributed by atoms with van der Waals surface area (Å²) in [5, 5.41) is 0. The van der Waals surface area contributed by atoms with E-state index >= 15 is 0 Å². The molecule has 0 aliphatic heterocycles. The van der Waals surface area contributed by atoms with Crippen LogP contribution in [-0.2, 0) is 0 Å². The van der Waals surface area contributed by atoms with Crippen molar-refractivity contribution in [1.82, 2.24) is 0 Å². The average Bonchev–Trinajstić information content (AvgIpc) is 2.12. The summed E-state index contributed by atoms with van der Waals surface area (Å²) in [6, 6.07) is 5.69. The minimum atomic E-state index is 0.0187. The van der Waals surface area contributed by atoms with E-state index in [-0.39, 0.29) is 11.8 Å². The minimum absolute atomic E-state index is 0.0187. The van der Waals surface area contributed by atoms with Crippen molar-refractivity contribution in [1.29, 1.82) is 0 Å². The van der Waals surface area contributed by atoms with E-state index < -0.39 is 0 Å². The van der Waals surface area contributed by atoms with Gasteiger partial charge in [0.1, 0.15) is 0 Å². The number of hydrogen-bond acceptors (Lipinski definition) is 2.